The lowest BCUT2D eigenvalue weighted by atomic mass is 10.1. The van der Waals surface area contributed by atoms with Crippen LogP contribution in [0.15, 0.2) is 23.1 Å². The molecule has 1 aliphatic heterocycles. The van der Waals surface area contributed by atoms with Crippen molar-refractivity contribution in [1.82, 2.24) is 4.31 Å². The molecule has 0 aliphatic carbocycles. The second-order valence-corrected chi connectivity index (χ2v) is 7.63. The van der Waals surface area contributed by atoms with Gasteiger partial charge >= 0.3 is 0 Å². The molecule has 1 heterocycles. The van der Waals surface area contributed by atoms with E-state index >= 15 is 0 Å². The first-order chi connectivity index (χ1) is 9.26. The molecule has 6 heteroatoms. The number of ether oxygens (including phenoxy) is 1. The number of rotatable bonds is 3. The largest absolute Gasteiger partial charge is 0.392 e. The van der Waals surface area contributed by atoms with Crippen molar-refractivity contribution in [3.63, 3.8) is 0 Å². The number of hydrogen-bond acceptors (Lipinski definition) is 4. The highest BCUT2D eigenvalue weighted by Crippen LogP contribution is 2.25. The number of sulfonamides is 1. The van der Waals surface area contributed by atoms with Crippen LogP contribution in [0.5, 0.6) is 0 Å². The van der Waals surface area contributed by atoms with Gasteiger partial charge in [-0.25, -0.2) is 8.42 Å². The molecule has 0 bridgehead atoms. The molecule has 0 atom stereocenters. The number of morpholine rings is 1. The fourth-order valence-electron chi connectivity index (χ4n) is 2.31. The van der Waals surface area contributed by atoms with Gasteiger partial charge < -0.3 is 9.84 Å². The molecule has 0 amide bonds. The van der Waals surface area contributed by atoms with Crippen LogP contribution in [0.3, 0.4) is 0 Å². The summed E-state index contributed by atoms with van der Waals surface area (Å²) < 4.78 is 32.3. The van der Waals surface area contributed by atoms with E-state index in [4.69, 9.17) is 4.74 Å². The topological polar surface area (TPSA) is 66.8 Å². The van der Waals surface area contributed by atoms with E-state index in [-0.39, 0.29) is 11.5 Å². The van der Waals surface area contributed by atoms with Gasteiger partial charge in [-0.1, -0.05) is 6.07 Å². The highest BCUT2D eigenvalue weighted by molar-refractivity contribution is 7.89. The quantitative estimate of drug-likeness (QED) is 0.913. The van der Waals surface area contributed by atoms with Gasteiger partial charge in [0.2, 0.25) is 10.0 Å². The molecular weight excluding hydrogens is 278 g/mol. The van der Waals surface area contributed by atoms with Gasteiger partial charge in [-0.2, -0.15) is 4.31 Å². The number of hydrogen-bond donors (Lipinski definition) is 1. The van der Waals surface area contributed by atoms with E-state index in [0.717, 1.165) is 5.56 Å². The van der Waals surface area contributed by atoms with E-state index in [9.17, 15) is 13.5 Å². The maximum absolute atomic E-state index is 12.6. The van der Waals surface area contributed by atoms with Gasteiger partial charge in [0.05, 0.1) is 23.7 Å². The molecule has 2 rings (SSSR count). The van der Waals surface area contributed by atoms with Crippen LogP contribution >= 0.6 is 0 Å². The van der Waals surface area contributed by atoms with Crippen LogP contribution in [0.25, 0.3) is 0 Å². The molecular formula is C14H21NO4S. The third-order valence-corrected chi connectivity index (χ3v) is 5.36. The van der Waals surface area contributed by atoms with Gasteiger partial charge in [0.15, 0.2) is 0 Å². The maximum Gasteiger partial charge on any atom is 0.243 e. The molecule has 0 aromatic heterocycles. The van der Waals surface area contributed by atoms with Crippen molar-refractivity contribution in [1.29, 1.82) is 0 Å². The number of aliphatic hydroxyl groups is 1. The Bertz CT molecular complexity index is 595. The summed E-state index contributed by atoms with van der Waals surface area (Å²) in [5.74, 6) is 0. The van der Waals surface area contributed by atoms with Crippen LogP contribution in [-0.2, 0) is 21.4 Å². The Hall–Kier alpha value is -0.950. The fraction of sp³-hybridized carbons (Fsp3) is 0.571. The highest BCUT2D eigenvalue weighted by Gasteiger charge is 2.34. The molecule has 0 saturated carbocycles. The maximum atomic E-state index is 12.6. The number of aliphatic hydroxyl groups excluding tert-OH is 1. The highest BCUT2D eigenvalue weighted by atomic mass is 32.2. The second kappa shape index (κ2) is 5.44. The van der Waals surface area contributed by atoms with E-state index in [1.54, 1.807) is 18.2 Å². The van der Waals surface area contributed by atoms with Gasteiger partial charge in [-0.3, -0.25) is 0 Å². The molecule has 1 N–H and O–H groups in total. The zero-order valence-corrected chi connectivity index (χ0v) is 12.9. The summed E-state index contributed by atoms with van der Waals surface area (Å²) in [5, 5.41) is 9.27. The summed E-state index contributed by atoms with van der Waals surface area (Å²) in [7, 11) is -3.54. The third-order valence-electron chi connectivity index (χ3n) is 3.52. The van der Waals surface area contributed by atoms with E-state index in [0.29, 0.717) is 25.3 Å². The molecule has 0 radical (unpaired) electrons. The SMILES string of the molecule is Cc1ccc(S(=O)(=O)N2CCOC(C)(C)C2)cc1CO. The minimum absolute atomic E-state index is 0.163. The Morgan fingerprint density at radius 3 is 2.70 bits per heavy atom. The molecule has 1 aromatic carbocycles. The number of nitrogens with zero attached hydrogens (tertiary/aromatic N) is 1. The molecule has 5 nitrogen and oxygen atoms in total. The van der Waals surface area contributed by atoms with Crippen LogP contribution in [-0.4, -0.2) is 43.1 Å². The minimum atomic E-state index is -3.54. The van der Waals surface area contributed by atoms with Crippen molar-refractivity contribution in [3.05, 3.63) is 29.3 Å². The van der Waals surface area contributed by atoms with Crippen molar-refractivity contribution in [2.75, 3.05) is 19.7 Å². The monoisotopic (exact) mass is 299 g/mol. The molecule has 1 saturated heterocycles. The summed E-state index contributed by atoms with van der Waals surface area (Å²) in [6, 6.07) is 4.86. The zero-order valence-electron chi connectivity index (χ0n) is 12.1. The molecule has 1 aliphatic rings. The van der Waals surface area contributed by atoms with Crippen molar-refractivity contribution in [3.8, 4) is 0 Å². The van der Waals surface area contributed by atoms with Gasteiger partial charge in [0.1, 0.15) is 0 Å². The van der Waals surface area contributed by atoms with Crippen LogP contribution in [0.2, 0.25) is 0 Å². The summed E-state index contributed by atoms with van der Waals surface area (Å²) in [5.41, 5.74) is 1.04. The van der Waals surface area contributed by atoms with E-state index in [2.05, 4.69) is 0 Å². The standard InChI is InChI=1S/C14H21NO4S/c1-11-4-5-13(8-12(11)9-16)20(17,18)15-6-7-19-14(2,3)10-15/h4-5,8,16H,6-7,9-10H2,1-3H3. The fourth-order valence-corrected chi connectivity index (χ4v) is 3.93. The first-order valence-electron chi connectivity index (χ1n) is 6.61. The van der Waals surface area contributed by atoms with Crippen molar-refractivity contribution in [2.24, 2.45) is 0 Å². The average molecular weight is 299 g/mol. The normalized spacial score (nSPS) is 20.0. The third kappa shape index (κ3) is 3.03. The lowest BCUT2D eigenvalue weighted by Gasteiger charge is -2.37. The first-order valence-corrected chi connectivity index (χ1v) is 8.05. The van der Waals surface area contributed by atoms with Gasteiger partial charge in [-0.15, -0.1) is 0 Å². The van der Waals surface area contributed by atoms with Gasteiger partial charge in [0, 0.05) is 13.1 Å². The van der Waals surface area contributed by atoms with Crippen molar-refractivity contribution < 1.29 is 18.3 Å². The summed E-state index contributed by atoms with van der Waals surface area (Å²) >= 11 is 0. The molecule has 0 spiro atoms. The van der Waals surface area contributed by atoms with E-state index in [1.165, 1.54) is 4.31 Å². The Balaban J connectivity index is 2.35. The van der Waals surface area contributed by atoms with Crippen LogP contribution < -0.4 is 0 Å². The summed E-state index contributed by atoms with van der Waals surface area (Å²) in [6.45, 7) is 6.52. The number of benzene rings is 1. The second-order valence-electron chi connectivity index (χ2n) is 5.69. The van der Waals surface area contributed by atoms with Gasteiger partial charge in [0.25, 0.3) is 0 Å². The van der Waals surface area contributed by atoms with Crippen molar-refractivity contribution in [2.45, 2.75) is 37.9 Å². The Kier molecular flexibility index (Phi) is 4.20. The molecule has 1 aromatic rings. The average Bonchev–Trinajstić information content (AvgIpc) is 2.37. The molecule has 112 valence electrons. The predicted molar refractivity (Wildman–Crippen MR) is 75.9 cm³/mol. The van der Waals surface area contributed by atoms with E-state index < -0.39 is 15.6 Å². The lowest BCUT2D eigenvalue weighted by Crippen LogP contribution is -2.50. The lowest BCUT2D eigenvalue weighted by molar-refractivity contribution is -0.0640. The Morgan fingerprint density at radius 1 is 1.40 bits per heavy atom. The first kappa shape index (κ1) is 15.4. The van der Waals surface area contributed by atoms with Crippen LogP contribution in [0.4, 0.5) is 0 Å². The molecule has 20 heavy (non-hydrogen) atoms. The zero-order chi connectivity index (χ0) is 15.0. The van der Waals surface area contributed by atoms with Crippen molar-refractivity contribution >= 4 is 10.0 Å². The smallest absolute Gasteiger partial charge is 0.243 e. The predicted octanol–water partition coefficient (Wildman–Crippen LogP) is 1.29. The summed E-state index contributed by atoms with van der Waals surface area (Å²) in [6.07, 6.45) is 0. The Morgan fingerprint density at radius 2 is 2.10 bits per heavy atom. The Labute approximate surface area is 120 Å². The van der Waals surface area contributed by atoms with E-state index in [1.807, 2.05) is 20.8 Å². The number of aryl methyl sites for hydroxylation is 1. The molecule has 1 fully saturated rings. The summed E-state index contributed by atoms with van der Waals surface area (Å²) in [4.78, 5) is 0.227. The minimum Gasteiger partial charge on any atom is -0.392 e. The van der Waals surface area contributed by atoms with Crippen LogP contribution in [0.1, 0.15) is 25.0 Å². The molecule has 0 unspecified atom stereocenters. The van der Waals surface area contributed by atoms with Crippen LogP contribution in [0, 0.1) is 6.92 Å². The van der Waals surface area contributed by atoms with Gasteiger partial charge in [-0.05, 0) is 44.0 Å².